The molecule has 18 heavy (non-hydrogen) atoms. The zero-order valence-corrected chi connectivity index (χ0v) is 10.8. The number of ether oxygens (including phenoxy) is 1. The molecule has 4 heteroatoms. The molecule has 1 atom stereocenters. The third kappa shape index (κ3) is 3.23. The molecular formula is C14H19NO3. The van der Waals surface area contributed by atoms with E-state index >= 15 is 0 Å². The molecule has 98 valence electrons. The standard InChI is InChI=1S/C14H19NO3/c1-10(16)11-4-3-5-13(8-11)18-9-14(17)15(2)12-6-7-12/h3-5,8,10,12,16H,6-7,9H2,1-2H3/t10-/m0/s1. The lowest BCUT2D eigenvalue weighted by Gasteiger charge is -2.16. The normalized spacial score (nSPS) is 16.2. The van der Waals surface area contributed by atoms with E-state index in [0.717, 1.165) is 18.4 Å². The molecular weight excluding hydrogens is 230 g/mol. The maximum Gasteiger partial charge on any atom is 0.260 e. The number of carbonyl (C=O) groups is 1. The predicted octanol–water partition coefficient (Wildman–Crippen LogP) is 1.74. The topological polar surface area (TPSA) is 49.8 Å². The van der Waals surface area contributed by atoms with Crippen molar-refractivity contribution in [2.45, 2.75) is 31.9 Å². The highest BCUT2D eigenvalue weighted by atomic mass is 16.5. The zero-order valence-electron chi connectivity index (χ0n) is 10.8. The molecule has 1 aromatic rings. The Morgan fingerprint density at radius 1 is 1.56 bits per heavy atom. The van der Waals surface area contributed by atoms with Crippen LogP contribution < -0.4 is 4.74 Å². The number of likely N-dealkylation sites (N-methyl/N-ethyl adjacent to an activating group) is 1. The van der Waals surface area contributed by atoms with Crippen molar-refractivity contribution in [3.05, 3.63) is 29.8 Å². The molecule has 0 radical (unpaired) electrons. The van der Waals surface area contributed by atoms with E-state index in [1.165, 1.54) is 0 Å². The van der Waals surface area contributed by atoms with Crippen LogP contribution in [0.4, 0.5) is 0 Å². The van der Waals surface area contributed by atoms with E-state index < -0.39 is 6.10 Å². The van der Waals surface area contributed by atoms with Crippen LogP contribution in [-0.2, 0) is 4.79 Å². The molecule has 0 saturated heterocycles. The summed E-state index contributed by atoms with van der Waals surface area (Å²) in [4.78, 5) is 13.5. The fourth-order valence-corrected chi connectivity index (χ4v) is 1.78. The van der Waals surface area contributed by atoms with Gasteiger partial charge in [0.1, 0.15) is 5.75 Å². The molecule has 1 fully saturated rings. The molecule has 0 bridgehead atoms. The molecule has 0 heterocycles. The fourth-order valence-electron chi connectivity index (χ4n) is 1.78. The summed E-state index contributed by atoms with van der Waals surface area (Å²) < 4.78 is 5.46. The van der Waals surface area contributed by atoms with Crippen LogP contribution in [0.25, 0.3) is 0 Å². The van der Waals surface area contributed by atoms with Crippen LogP contribution in [0.3, 0.4) is 0 Å². The SMILES string of the molecule is C[C@H](O)c1cccc(OCC(=O)N(C)C2CC2)c1. The highest BCUT2D eigenvalue weighted by molar-refractivity contribution is 5.78. The number of benzene rings is 1. The third-order valence-corrected chi connectivity index (χ3v) is 3.19. The molecule has 0 aromatic heterocycles. The smallest absolute Gasteiger partial charge is 0.260 e. The van der Waals surface area contributed by atoms with Gasteiger partial charge in [-0.2, -0.15) is 0 Å². The molecule has 0 unspecified atom stereocenters. The number of carbonyl (C=O) groups excluding carboxylic acids is 1. The molecule has 4 nitrogen and oxygen atoms in total. The second kappa shape index (κ2) is 5.40. The lowest BCUT2D eigenvalue weighted by molar-refractivity contribution is -0.132. The first kappa shape index (κ1) is 12.9. The van der Waals surface area contributed by atoms with Crippen molar-refractivity contribution in [3.63, 3.8) is 0 Å². The van der Waals surface area contributed by atoms with Crippen molar-refractivity contribution in [2.75, 3.05) is 13.7 Å². The molecule has 0 aliphatic heterocycles. The van der Waals surface area contributed by atoms with E-state index in [2.05, 4.69) is 0 Å². The van der Waals surface area contributed by atoms with Gasteiger partial charge in [0.25, 0.3) is 5.91 Å². The fraction of sp³-hybridized carbons (Fsp3) is 0.500. The quantitative estimate of drug-likeness (QED) is 0.864. The summed E-state index contributed by atoms with van der Waals surface area (Å²) in [5, 5.41) is 9.46. The van der Waals surface area contributed by atoms with Gasteiger partial charge in [-0.25, -0.2) is 0 Å². The molecule has 1 aliphatic rings. The highest BCUT2D eigenvalue weighted by Crippen LogP contribution is 2.25. The van der Waals surface area contributed by atoms with Crippen molar-refractivity contribution in [1.29, 1.82) is 0 Å². The van der Waals surface area contributed by atoms with Crippen LogP contribution in [0, 0.1) is 0 Å². The average molecular weight is 249 g/mol. The summed E-state index contributed by atoms with van der Waals surface area (Å²) >= 11 is 0. The lowest BCUT2D eigenvalue weighted by Crippen LogP contribution is -2.33. The summed E-state index contributed by atoms with van der Waals surface area (Å²) in [6.45, 7) is 1.75. The van der Waals surface area contributed by atoms with Gasteiger partial charge in [0.15, 0.2) is 6.61 Å². The van der Waals surface area contributed by atoms with Gasteiger partial charge < -0.3 is 14.7 Å². The molecule has 1 aromatic carbocycles. The number of aliphatic hydroxyl groups is 1. The van der Waals surface area contributed by atoms with Gasteiger partial charge in [-0.05, 0) is 37.5 Å². The van der Waals surface area contributed by atoms with Gasteiger partial charge in [-0.15, -0.1) is 0 Å². The van der Waals surface area contributed by atoms with Crippen LogP contribution in [-0.4, -0.2) is 35.6 Å². The van der Waals surface area contributed by atoms with Crippen molar-refractivity contribution in [1.82, 2.24) is 4.90 Å². The van der Waals surface area contributed by atoms with E-state index in [0.29, 0.717) is 11.8 Å². The van der Waals surface area contributed by atoms with Gasteiger partial charge in [0.05, 0.1) is 6.10 Å². The van der Waals surface area contributed by atoms with Crippen LogP contribution in [0.1, 0.15) is 31.4 Å². The average Bonchev–Trinajstić information content (AvgIpc) is 3.19. The van der Waals surface area contributed by atoms with Gasteiger partial charge in [-0.1, -0.05) is 12.1 Å². The van der Waals surface area contributed by atoms with Gasteiger partial charge in [0.2, 0.25) is 0 Å². The minimum absolute atomic E-state index is 0.0000463. The second-order valence-corrected chi connectivity index (χ2v) is 4.77. The number of nitrogens with zero attached hydrogens (tertiary/aromatic N) is 1. The number of amides is 1. The Hall–Kier alpha value is -1.55. The molecule has 1 aliphatic carbocycles. The van der Waals surface area contributed by atoms with E-state index in [9.17, 15) is 9.90 Å². The summed E-state index contributed by atoms with van der Waals surface area (Å²) in [5.74, 6) is 0.617. The molecule has 1 N–H and O–H groups in total. The Labute approximate surface area is 107 Å². The summed E-state index contributed by atoms with van der Waals surface area (Å²) in [6.07, 6.45) is 1.66. The van der Waals surface area contributed by atoms with Crippen LogP contribution in [0.15, 0.2) is 24.3 Å². The van der Waals surface area contributed by atoms with Crippen molar-refractivity contribution in [3.8, 4) is 5.75 Å². The zero-order chi connectivity index (χ0) is 13.1. The Morgan fingerprint density at radius 3 is 2.89 bits per heavy atom. The Bertz CT molecular complexity index is 427. The second-order valence-electron chi connectivity index (χ2n) is 4.77. The first-order chi connectivity index (χ1) is 8.58. The lowest BCUT2D eigenvalue weighted by atomic mass is 10.1. The molecule has 1 saturated carbocycles. The van der Waals surface area contributed by atoms with Crippen molar-refractivity contribution >= 4 is 5.91 Å². The summed E-state index contributed by atoms with van der Waals surface area (Å²) in [7, 11) is 1.82. The minimum Gasteiger partial charge on any atom is -0.484 e. The Kier molecular flexibility index (Phi) is 3.87. The first-order valence-corrected chi connectivity index (χ1v) is 6.24. The monoisotopic (exact) mass is 249 g/mol. The van der Waals surface area contributed by atoms with Crippen LogP contribution >= 0.6 is 0 Å². The first-order valence-electron chi connectivity index (χ1n) is 6.24. The van der Waals surface area contributed by atoms with Crippen molar-refractivity contribution in [2.24, 2.45) is 0 Å². The largest absolute Gasteiger partial charge is 0.484 e. The van der Waals surface area contributed by atoms with E-state index in [4.69, 9.17) is 4.74 Å². The molecule has 1 amide bonds. The van der Waals surface area contributed by atoms with E-state index in [1.54, 1.807) is 24.0 Å². The third-order valence-electron chi connectivity index (χ3n) is 3.19. The predicted molar refractivity (Wildman–Crippen MR) is 68.4 cm³/mol. The van der Waals surface area contributed by atoms with Crippen molar-refractivity contribution < 1.29 is 14.6 Å². The van der Waals surface area contributed by atoms with Crippen LogP contribution in [0.2, 0.25) is 0 Å². The maximum absolute atomic E-state index is 11.8. The highest BCUT2D eigenvalue weighted by Gasteiger charge is 2.29. The number of hydrogen-bond acceptors (Lipinski definition) is 3. The Morgan fingerprint density at radius 2 is 2.28 bits per heavy atom. The minimum atomic E-state index is -0.529. The van der Waals surface area contributed by atoms with Gasteiger partial charge in [0, 0.05) is 13.1 Å². The molecule has 0 spiro atoms. The van der Waals surface area contributed by atoms with E-state index in [-0.39, 0.29) is 12.5 Å². The molecule has 2 rings (SSSR count). The number of aliphatic hydroxyl groups excluding tert-OH is 1. The maximum atomic E-state index is 11.8. The number of rotatable bonds is 5. The van der Waals surface area contributed by atoms with Gasteiger partial charge in [-0.3, -0.25) is 4.79 Å². The summed E-state index contributed by atoms with van der Waals surface area (Å²) in [5.41, 5.74) is 0.787. The van der Waals surface area contributed by atoms with Crippen LogP contribution in [0.5, 0.6) is 5.75 Å². The number of hydrogen-bond donors (Lipinski definition) is 1. The van der Waals surface area contributed by atoms with E-state index in [1.807, 2.05) is 19.2 Å². The Balaban J connectivity index is 1.89. The summed E-state index contributed by atoms with van der Waals surface area (Å²) in [6, 6.07) is 7.60. The van der Waals surface area contributed by atoms with Gasteiger partial charge >= 0.3 is 0 Å².